The number of hydrogen-bond acceptors (Lipinski definition) is 4. The first-order valence-corrected chi connectivity index (χ1v) is 9.64. The van der Waals surface area contributed by atoms with E-state index in [2.05, 4.69) is 0 Å². The Bertz CT molecular complexity index is 1200. The molecule has 0 atom stereocenters. The van der Waals surface area contributed by atoms with E-state index >= 15 is 0 Å². The van der Waals surface area contributed by atoms with Gasteiger partial charge >= 0.3 is 5.69 Å². The van der Waals surface area contributed by atoms with E-state index < -0.39 is 5.69 Å². The maximum Gasteiger partial charge on any atom is 0.336 e. The van der Waals surface area contributed by atoms with Gasteiger partial charge in [-0.25, -0.2) is 9.36 Å². The normalized spacial score (nSPS) is 14.3. The number of carbonyl (C=O) groups is 1. The Kier molecular flexibility index (Phi) is 5.07. The van der Waals surface area contributed by atoms with Gasteiger partial charge in [-0.05, 0) is 43.7 Å². The fourth-order valence-corrected chi connectivity index (χ4v) is 3.68. The average Bonchev–Trinajstić information content (AvgIpc) is 2.72. The van der Waals surface area contributed by atoms with Crippen molar-refractivity contribution in [2.45, 2.75) is 20.4 Å². The number of fused-ring (bicyclic) bond motifs is 1. The predicted molar refractivity (Wildman–Crippen MR) is 111 cm³/mol. The Labute approximate surface area is 167 Å². The van der Waals surface area contributed by atoms with Crippen LogP contribution in [0.25, 0.3) is 16.6 Å². The SMILES string of the molecule is Cc1cccc(-n2c(=O)c3cc(C)ccc3n(CC(=O)N3CCOCC3)c2=O)c1. The number of carbonyl (C=O) groups excluding carboxylic acids is 1. The van der Waals surface area contributed by atoms with E-state index in [-0.39, 0.29) is 18.0 Å². The molecule has 0 aliphatic carbocycles. The van der Waals surface area contributed by atoms with E-state index in [9.17, 15) is 14.4 Å². The molecule has 1 aliphatic heterocycles. The van der Waals surface area contributed by atoms with Gasteiger partial charge in [-0.15, -0.1) is 0 Å². The highest BCUT2D eigenvalue weighted by Gasteiger charge is 2.21. The molecule has 150 valence electrons. The van der Waals surface area contributed by atoms with Crippen molar-refractivity contribution >= 4 is 16.8 Å². The zero-order valence-electron chi connectivity index (χ0n) is 16.6. The Morgan fingerprint density at radius 2 is 1.72 bits per heavy atom. The van der Waals surface area contributed by atoms with Gasteiger partial charge in [0, 0.05) is 13.1 Å². The molecule has 1 fully saturated rings. The van der Waals surface area contributed by atoms with Crippen LogP contribution in [0, 0.1) is 13.8 Å². The molecule has 2 heterocycles. The highest BCUT2D eigenvalue weighted by Crippen LogP contribution is 2.14. The molecule has 3 aromatic rings. The second-order valence-electron chi connectivity index (χ2n) is 7.36. The van der Waals surface area contributed by atoms with Gasteiger partial charge in [-0.2, -0.15) is 0 Å². The van der Waals surface area contributed by atoms with Gasteiger partial charge in [0.2, 0.25) is 5.91 Å². The van der Waals surface area contributed by atoms with Crippen molar-refractivity contribution in [1.29, 1.82) is 0 Å². The Balaban J connectivity index is 1.92. The summed E-state index contributed by atoms with van der Waals surface area (Å²) in [6.45, 7) is 5.66. The van der Waals surface area contributed by atoms with E-state index in [1.54, 1.807) is 35.2 Å². The molecule has 0 bridgehead atoms. The van der Waals surface area contributed by atoms with Crippen molar-refractivity contribution in [2.75, 3.05) is 26.3 Å². The monoisotopic (exact) mass is 393 g/mol. The molecule has 1 aromatic heterocycles. The van der Waals surface area contributed by atoms with Gasteiger partial charge in [0.05, 0.1) is 29.8 Å². The number of ether oxygens (including phenoxy) is 1. The largest absolute Gasteiger partial charge is 0.378 e. The van der Waals surface area contributed by atoms with Crippen molar-refractivity contribution in [3.63, 3.8) is 0 Å². The fraction of sp³-hybridized carbons (Fsp3) is 0.318. The lowest BCUT2D eigenvalue weighted by Crippen LogP contribution is -2.45. The summed E-state index contributed by atoms with van der Waals surface area (Å²) in [7, 11) is 0. The molecule has 0 N–H and O–H groups in total. The number of benzene rings is 2. The molecule has 0 unspecified atom stereocenters. The molecule has 7 heteroatoms. The van der Waals surface area contributed by atoms with E-state index in [0.717, 1.165) is 15.7 Å². The first-order valence-electron chi connectivity index (χ1n) is 9.64. The minimum atomic E-state index is -0.515. The summed E-state index contributed by atoms with van der Waals surface area (Å²) in [4.78, 5) is 41.1. The van der Waals surface area contributed by atoms with Crippen LogP contribution in [0.2, 0.25) is 0 Å². The number of aryl methyl sites for hydroxylation is 2. The Morgan fingerprint density at radius 1 is 1.00 bits per heavy atom. The average molecular weight is 393 g/mol. The highest BCUT2D eigenvalue weighted by molar-refractivity contribution is 5.82. The van der Waals surface area contributed by atoms with Crippen molar-refractivity contribution in [2.24, 2.45) is 0 Å². The lowest BCUT2D eigenvalue weighted by atomic mass is 10.1. The summed E-state index contributed by atoms with van der Waals surface area (Å²) in [5.41, 5.74) is 1.92. The first kappa shape index (κ1) is 19.1. The molecule has 4 rings (SSSR count). The molecular weight excluding hydrogens is 370 g/mol. The molecule has 29 heavy (non-hydrogen) atoms. The first-order chi connectivity index (χ1) is 14.0. The summed E-state index contributed by atoms with van der Waals surface area (Å²) in [6, 6.07) is 12.6. The van der Waals surface area contributed by atoms with Gasteiger partial charge < -0.3 is 9.64 Å². The summed E-state index contributed by atoms with van der Waals surface area (Å²) in [5.74, 6) is -0.160. The van der Waals surface area contributed by atoms with Gasteiger partial charge in [-0.3, -0.25) is 14.2 Å². The smallest absolute Gasteiger partial charge is 0.336 e. The van der Waals surface area contributed by atoms with Crippen LogP contribution in [0.5, 0.6) is 0 Å². The predicted octanol–water partition coefficient (Wildman–Crippen LogP) is 1.63. The number of morpholine rings is 1. The zero-order chi connectivity index (χ0) is 20.5. The van der Waals surface area contributed by atoms with Crippen LogP contribution in [-0.2, 0) is 16.1 Å². The minimum absolute atomic E-state index is 0.121. The number of aromatic nitrogens is 2. The van der Waals surface area contributed by atoms with E-state index in [1.807, 2.05) is 26.0 Å². The molecule has 1 aliphatic rings. The van der Waals surface area contributed by atoms with Crippen LogP contribution < -0.4 is 11.2 Å². The minimum Gasteiger partial charge on any atom is -0.378 e. The third-order valence-corrected chi connectivity index (χ3v) is 5.22. The van der Waals surface area contributed by atoms with E-state index in [1.165, 1.54) is 4.57 Å². The molecule has 7 nitrogen and oxygen atoms in total. The third-order valence-electron chi connectivity index (χ3n) is 5.22. The maximum absolute atomic E-state index is 13.3. The summed E-state index contributed by atoms with van der Waals surface area (Å²) in [5, 5.41) is 0.417. The van der Waals surface area contributed by atoms with Crippen molar-refractivity contribution in [3.8, 4) is 5.69 Å². The molecule has 0 spiro atoms. The third kappa shape index (κ3) is 3.61. The summed E-state index contributed by atoms with van der Waals surface area (Å²) >= 11 is 0. The maximum atomic E-state index is 13.3. The lowest BCUT2D eigenvalue weighted by Gasteiger charge is -2.27. The summed E-state index contributed by atoms with van der Waals surface area (Å²) < 4.78 is 7.86. The molecule has 2 aromatic carbocycles. The van der Waals surface area contributed by atoms with Crippen LogP contribution in [-0.4, -0.2) is 46.2 Å². The Hall–Kier alpha value is -3.19. The van der Waals surface area contributed by atoms with Crippen molar-refractivity contribution in [1.82, 2.24) is 14.0 Å². The van der Waals surface area contributed by atoms with Gasteiger partial charge in [0.25, 0.3) is 5.56 Å². The summed E-state index contributed by atoms with van der Waals surface area (Å²) in [6.07, 6.45) is 0. The zero-order valence-corrected chi connectivity index (χ0v) is 16.6. The second-order valence-corrected chi connectivity index (χ2v) is 7.36. The quantitative estimate of drug-likeness (QED) is 0.678. The van der Waals surface area contributed by atoms with Crippen LogP contribution >= 0.6 is 0 Å². The van der Waals surface area contributed by atoms with Gasteiger partial charge in [-0.1, -0.05) is 23.8 Å². The lowest BCUT2D eigenvalue weighted by molar-refractivity contribution is -0.135. The topological polar surface area (TPSA) is 73.5 Å². The second kappa shape index (κ2) is 7.67. The number of amides is 1. The van der Waals surface area contributed by atoms with E-state index in [0.29, 0.717) is 42.9 Å². The molecule has 0 saturated carbocycles. The standard InChI is InChI=1S/C22H23N3O4/c1-15-4-3-5-17(12-15)25-21(27)18-13-16(2)6-7-19(18)24(22(25)28)14-20(26)23-8-10-29-11-9-23/h3-7,12-13H,8-11,14H2,1-2H3. The highest BCUT2D eigenvalue weighted by atomic mass is 16.5. The molecule has 1 amide bonds. The van der Waals surface area contributed by atoms with Gasteiger partial charge in [0.1, 0.15) is 6.54 Å². The molecule has 1 saturated heterocycles. The van der Waals surface area contributed by atoms with Crippen molar-refractivity contribution < 1.29 is 9.53 Å². The van der Waals surface area contributed by atoms with Crippen LogP contribution in [0.4, 0.5) is 0 Å². The fourth-order valence-electron chi connectivity index (χ4n) is 3.68. The van der Waals surface area contributed by atoms with Crippen LogP contribution in [0.15, 0.2) is 52.1 Å². The Morgan fingerprint density at radius 3 is 2.45 bits per heavy atom. The molecule has 0 radical (unpaired) electrons. The number of rotatable bonds is 3. The number of nitrogens with zero attached hydrogens (tertiary/aromatic N) is 3. The van der Waals surface area contributed by atoms with Crippen LogP contribution in [0.3, 0.4) is 0 Å². The van der Waals surface area contributed by atoms with Crippen molar-refractivity contribution in [3.05, 3.63) is 74.4 Å². The van der Waals surface area contributed by atoms with Gasteiger partial charge in [0.15, 0.2) is 0 Å². The van der Waals surface area contributed by atoms with Crippen LogP contribution in [0.1, 0.15) is 11.1 Å². The number of hydrogen-bond donors (Lipinski definition) is 0. The van der Waals surface area contributed by atoms with E-state index in [4.69, 9.17) is 4.74 Å². The molecular formula is C22H23N3O4.